The van der Waals surface area contributed by atoms with Crippen LogP contribution in [0.2, 0.25) is 0 Å². The molecular weight excluding hydrogens is 292 g/mol. The summed E-state index contributed by atoms with van der Waals surface area (Å²) in [6.07, 6.45) is 1.54. The van der Waals surface area contributed by atoms with Gasteiger partial charge in [0.2, 0.25) is 5.82 Å². The highest BCUT2D eigenvalue weighted by atomic mass is 16.5. The minimum atomic E-state index is -0.553. The lowest BCUT2D eigenvalue weighted by molar-refractivity contribution is 0.0911. The van der Waals surface area contributed by atoms with Crippen LogP contribution >= 0.6 is 0 Å². The van der Waals surface area contributed by atoms with Crippen molar-refractivity contribution < 1.29 is 9.32 Å². The van der Waals surface area contributed by atoms with E-state index < -0.39 is 5.91 Å². The molecule has 0 aliphatic heterocycles. The van der Waals surface area contributed by atoms with E-state index in [0.29, 0.717) is 5.82 Å². The van der Waals surface area contributed by atoms with Crippen LogP contribution in [0.3, 0.4) is 0 Å². The van der Waals surface area contributed by atoms with Crippen LogP contribution in [0.5, 0.6) is 0 Å². The van der Waals surface area contributed by atoms with Crippen LogP contribution in [0.1, 0.15) is 21.8 Å². The molecule has 3 rings (SSSR count). The Hall–Kier alpha value is -3.28. The normalized spacial score (nSPS) is 10.8. The highest BCUT2D eigenvalue weighted by Gasteiger charge is 2.15. The quantitative estimate of drug-likeness (QED) is 0.593. The van der Waals surface area contributed by atoms with Crippen molar-refractivity contribution in [2.75, 3.05) is 0 Å². The lowest BCUT2D eigenvalue weighted by atomic mass is 10.1. The number of aryl methyl sites for hydroxylation is 1. The Bertz CT molecular complexity index is 823. The van der Waals surface area contributed by atoms with Gasteiger partial charge in [-0.3, -0.25) is 4.79 Å². The van der Waals surface area contributed by atoms with Gasteiger partial charge in [0.05, 0.1) is 6.21 Å². The summed E-state index contributed by atoms with van der Waals surface area (Å²) in [5.74, 6) is -0.323. The van der Waals surface area contributed by atoms with E-state index >= 15 is 0 Å². The SMILES string of the molecule is Cc1ccc(-c2noc(C(=O)N/N=C/c3ccccc3)n2)cc1. The fourth-order valence-corrected chi connectivity index (χ4v) is 1.89. The largest absolute Gasteiger partial charge is 0.329 e. The number of hydrazone groups is 1. The topological polar surface area (TPSA) is 80.4 Å². The van der Waals surface area contributed by atoms with E-state index in [9.17, 15) is 4.79 Å². The average molecular weight is 306 g/mol. The molecule has 1 N–H and O–H groups in total. The predicted octanol–water partition coefficient (Wildman–Crippen LogP) is 2.81. The van der Waals surface area contributed by atoms with E-state index in [-0.39, 0.29) is 5.89 Å². The molecule has 1 heterocycles. The summed E-state index contributed by atoms with van der Waals surface area (Å²) < 4.78 is 4.97. The van der Waals surface area contributed by atoms with Crippen molar-refractivity contribution in [3.05, 3.63) is 71.6 Å². The number of amides is 1. The molecule has 1 aromatic heterocycles. The van der Waals surface area contributed by atoms with Gasteiger partial charge >= 0.3 is 11.8 Å². The van der Waals surface area contributed by atoms with Crippen molar-refractivity contribution >= 4 is 12.1 Å². The van der Waals surface area contributed by atoms with E-state index in [1.165, 1.54) is 6.21 Å². The minimum Gasteiger partial charge on any atom is -0.328 e. The fourth-order valence-electron chi connectivity index (χ4n) is 1.89. The summed E-state index contributed by atoms with van der Waals surface area (Å²) in [5, 5.41) is 7.66. The first-order valence-electron chi connectivity index (χ1n) is 7.01. The average Bonchev–Trinajstić information content (AvgIpc) is 3.06. The maximum atomic E-state index is 11.9. The molecule has 6 heteroatoms. The van der Waals surface area contributed by atoms with Crippen LogP contribution in [0.4, 0.5) is 0 Å². The van der Waals surface area contributed by atoms with Crippen LogP contribution in [-0.4, -0.2) is 22.3 Å². The number of nitrogens with zero attached hydrogens (tertiary/aromatic N) is 3. The third kappa shape index (κ3) is 3.68. The van der Waals surface area contributed by atoms with E-state index in [1.807, 2.05) is 61.5 Å². The van der Waals surface area contributed by atoms with Gasteiger partial charge in [0.15, 0.2) is 0 Å². The molecule has 0 unspecified atom stereocenters. The standard InChI is InChI=1S/C17H14N4O2/c1-12-7-9-14(10-8-12)15-19-17(23-21-15)16(22)20-18-11-13-5-3-2-4-6-13/h2-11H,1H3,(H,20,22)/b18-11+. The Morgan fingerprint density at radius 3 is 2.61 bits per heavy atom. The Morgan fingerprint density at radius 2 is 1.87 bits per heavy atom. The molecule has 0 radical (unpaired) electrons. The van der Waals surface area contributed by atoms with Crippen molar-refractivity contribution in [3.63, 3.8) is 0 Å². The zero-order valence-electron chi connectivity index (χ0n) is 12.4. The molecule has 6 nitrogen and oxygen atoms in total. The molecule has 0 aliphatic rings. The number of nitrogens with one attached hydrogen (secondary N) is 1. The Kier molecular flexibility index (Phi) is 4.24. The number of benzene rings is 2. The summed E-state index contributed by atoms with van der Waals surface area (Å²) in [4.78, 5) is 16.0. The summed E-state index contributed by atoms with van der Waals surface area (Å²) in [5.41, 5.74) is 5.14. The molecule has 0 saturated carbocycles. The molecule has 0 bridgehead atoms. The summed E-state index contributed by atoms with van der Waals surface area (Å²) >= 11 is 0. The van der Waals surface area contributed by atoms with Gasteiger partial charge in [-0.1, -0.05) is 65.3 Å². The first-order valence-corrected chi connectivity index (χ1v) is 7.01. The monoisotopic (exact) mass is 306 g/mol. The van der Waals surface area contributed by atoms with Gasteiger partial charge in [-0.15, -0.1) is 0 Å². The third-order valence-electron chi connectivity index (χ3n) is 3.11. The van der Waals surface area contributed by atoms with Crippen LogP contribution in [0.25, 0.3) is 11.4 Å². The number of hydrogen-bond donors (Lipinski definition) is 1. The molecular formula is C17H14N4O2. The van der Waals surface area contributed by atoms with Gasteiger partial charge in [0.1, 0.15) is 0 Å². The third-order valence-corrected chi connectivity index (χ3v) is 3.11. The second-order valence-electron chi connectivity index (χ2n) is 4.90. The van der Waals surface area contributed by atoms with Crippen LogP contribution in [-0.2, 0) is 0 Å². The minimum absolute atomic E-state index is 0.134. The second-order valence-corrected chi connectivity index (χ2v) is 4.90. The smallest absolute Gasteiger partial charge is 0.328 e. The highest BCUT2D eigenvalue weighted by molar-refractivity contribution is 5.91. The molecule has 114 valence electrons. The summed E-state index contributed by atoms with van der Waals surface area (Å²) in [7, 11) is 0. The second kappa shape index (κ2) is 6.65. The molecule has 0 spiro atoms. The maximum absolute atomic E-state index is 11.9. The predicted molar refractivity (Wildman–Crippen MR) is 86.0 cm³/mol. The Labute approximate surface area is 132 Å². The lowest BCUT2D eigenvalue weighted by Gasteiger charge is -1.95. The van der Waals surface area contributed by atoms with E-state index in [1.54, 1.807) is 0 Å². The summed E-state index contributed by atoms with van der Waals surface area (Å²) in [6, 6.07) is 17.0. The molecule has 0 aliphatic carbocycles. The zero-order chi connectivity index (χ0) is 16.1. The van der Waals surface area contributed by atoms with Crippen molar-refractivity contribution in [2.45, 2.75) is 6.92 Å². The first-order chi connectivity index (χ1) is 11.2. The number of carbonyl (C=O) groups is 1. The van der Waals surface area contributed by atoms with Crippen LogP contribution < -0.4 is 5.43 Å². The van der Waals surface area contributed by atoms with Gasteiger partial charge in [-0.25, -0.2) is 5.43 Å². The van der Waals surface area contributed by atoms with E-state index in [4.69, 9.17) is 4.52 Å². The van der Waals surface area contributed by atoms with Crippen LogP contribution in [0, 0.1) is 6.92 Å². The molecule has 3 aromatic rings. The zero-order valence-corrected chi connectivity index (χ0v) is 12.4. The van der Waals surface area contributed by atoms with Crippen molar-refractivity contribution in [2.24, 2.45) is 5.10 Å². The summed E-state index contributed by atoms with van der Waals surface area (Å²) in [6.45, 7) is 1.99. The molecule has 0 atom stereocenters. The Morgan fingerprint density at radius 1 is 1.13 bits per heavy atom. The van der Waals surface area contributed by atoms with Gasteiger partial charge in [-0.2, -0.15) is 10.1 Å². The number of carbonyl (C=O) groups excluding carboxylic acids is 1. The number of hydrogen-bond acceptors (Lipinski definition) is 5. The van der Waals surface area contributed by atoms with E-state index in [2.05, 4.69) is 20.7 Å². The van der Waals surface area contributed by atoms with Crippen molar-refractivity contribution in [3.8, 4) is 11.4 Å². The molecule has 2 aromatic carbocycles. The van der Waals surface area contributed by atoms with Crippen molar-refractivity contribution in [1.82, 2.24) is 15.6 Å². The van der Waals surface area contributed by atoms with E-state index in [0.717, 1.165) is 16.7 Å². The molecule has 0 saturated heterocycles. The molecule has 1 amide bonds. The van der Waals surface area contributed by atoms with Crippen molar-refractivity contribution in [1.29, 1.82) is 0 Å². The maximum Gasteiger partial charge on any atom is 0.329 e. The molecule has 23 heavy (non-hydrogen) atoms. The van der Waals surface area contributed by atoms with Gasteiger partial charge in [0.25, 0.3) is 0 Å². The lowest BCUT2D eigenvalue weighted by Crippen LogP contribution is -2.17. The van der Waals surface area contributed by atoms with Gasteiger partial charge in [0, 0.05) is 5.56 Å². The Balaban J connectivity index is 1.67. The highest BCUT2D eigenvalue weighted by Crippen LogP contribution is 2.16. The molecule has 0 fully saturated rings. The van der Waals surface area contributed by atoms with Gasteiger partial charge in [-0.05, 0) is 12.5 Å². The number of rotatable bonds is 4. The van der Waals surface area contributed by atoms with Crippen LogP contribution in [0.15, 0.2) is 64.2 Å². The van der Waals surface area contributed by atoms with Gasteiger partial charge < -0.3 is 4.52 Å². The number of aromatic nitrogens is 2. The fraction of sp³-hybridized carbons (Fsp3) is 0.0588. The first kappa shape index (κ1) is 14.6.